The molecular weight excluding hydrogens is 114 g/mol. The summed E-state index contributed by atoms with van der Waals surface area (Å²) in [6.07, 6.45) is 0.306. The average molecular weight is 131 g/mol. The first-order valence-electron chi connectivity index (χ1n) is 3.05. The molecule has 2 N–H and O–H groups in total. The van der Waals surface area contributed by atoms with Crippen LogP contribution in [-0.2, 0) is 4.79 Å². The van der Waals surface area contributed by atoms with Crippen molar-refractivity contribution in [1.29, 1.82) is 0 Å². The highest BCUT2D eigenvalue weighted by atomic mass is 16.1. The van der Waals surface area contributed by atoms with E-state index >= 15 is 0 Å². The Balaban J connectivity index is -0.000000149. The highest BCUT2D eigenvalue weighted by Crippen LogP contribution is 1.90. The SMILES string of the molecule is C=C(C)CC(N)=O.CC.[HH]. The Morgan fingerprint density at radius 3 is 2.00 bits per heavy atom. The van der Waals surface area contributed by atoms with Crippen molar-refractivity contribution in [3.63, 3.8) is 0 Å². The van der Waals surface area contributed by atoms with Gasteiger partial charge >= 0.3 is 0 Å². The van der Waals surface area contributed by atoms with Crippen LogP contribution in [0.5, 0.6) is 0 Å². The van der Waals surface area contributed by atoms with Crippen molar-refractivity contribution in [2.45, 2.75) is 27.2 Å². The maximum atomic E-state index is 9.97. The van der Waals surface area contributed by atoms with Crippen LogP contribution in [0.3, 0.4) is 0 Å². The standard InChI is InChI=1S/C5H9NO.C2H6.H2/c1-4(2)3-5(6)7;1-2;/h1,3H2,2H3,(H2,6,7);1-2H3;1H. The molecule has 0 fully saturated rings. The Bertz CT molecular complexity index is 89.8. The third-order valence-electron chi connectivity index (χ3n) is 0.476. The molecule has 0 rings (SSSR count). The van der Waals surface area contributed by atoms with E-state index in [1.807, 2.05) is 13.8 Å². The topological polar surface area (TPSA) is 43.1 Å². The summed E-state index contributed by atoms with van der Waals surface area (Å²) in [5, 5.41) is 0. The molecular formula is C7H17NO. The maximum absolute atomic E-state index is 9.97. The lowest BCUT2D eigenvalue weighted by Gasteiger charge is -1.87. The largest absolute Gasteiger partial charge is 0.369 e. The van der Waals surface area contributed by atoms with Crippen LogP contribution in [0, 0.1) is 0 Å². The lowest BCUT2D eigenvalue weighted by atomic mass is 10.2. The predicted molar refractivity (Wildman–Crippen MR) is 42.1 cm³/mol. The highest BCUT2D eigenvalue weighted by Gasteiger charge is 1.89. The van der Waals surface area contributed by atoms with Crippen molar-refractivity contribution < 1.29 is 6.22 Å². The zero-order valence-corrected chi connectivity index (χ0v) is 6.40. The van der Waals surface area contributed by atoms with E-state index in [4.69, 9.17) is 5.73 Å². The first kappa shape index (κ1) is 11.1. The van der Waals surface area contributed by atoms with Crippen LogP contribution in [0.15, 0.2) is 12.2 Å². The van der Waals surface area contributed by atoms with Crippen LogP contribution in [0.1, 0.15) is 28.6 Å². The van der Waals surface area contributed by atoms with E-state index in [0.29, 0.717) is 6.42 Å². The number of amides is 1. The second-order valence-corrected chi connectivity index (χ2v) is 1.60. The van der Waals surface area contributed by atoms with Crippen molar-refractivity contribution in [2.75, 3.05) is 0 Å². The first-order valence-corrected chi connectivity index (χ1v) is 3.05. The molecule has 0 aromatic carbocycles. The molecule has 0 saturated carbocycles. The van der Waals surface area contributed by atoms with E-state index in [1.54, 1.807) is 6.92 Å². The van der Waals surface area contributed by atoms with Gasteiger partial charge in [0.05, 0.1) is 0 Å². The van der Waals surface area contributed by atoms with Gasteiger partial charge < -0.3 is 5.73 Å². The third-order valence-corrected chi connectivity index (χ3v) is 0.476. The summed E-state index contributed by atoms with van der Waals surface area (Å²) < 4.78 is 0. The van der Waals surface area contributed by atoms with Crippen LogP contribution in [0.2, 0.25) is 0 Å². The molecule has 0 aromatic heterocycles. The van der Waals surface area contributed by atoms with Gasteiger partial charge in [0.15, 0.2) is 0 Å². The molecule has 0 radical (unpaired) electrons. The van der Waals surface area contributed by atoms with E-state index in [1.165, 1.54) is 0 Å². The monoisotopic (exact) mass is 131 g/mol. The molecule has 0 unspecified atom stereocenters. The Morgan fingerprint density at radius 2 is 2.00 bits per heavy atom. The van der Waals surface area contributed by atoms with Crippen LogP contribution >= 0.6 is 0 Å². The van der Waals surface area contributed by atoms with E-state index in [0.717, 1.165) is 5.57 Å². The second kappa shape index (κ2) is 7.21. The molecule has 9 heavy (non-hydrogen) atoms. The lowest BCUT2D eigenvalue weighted by molar-refractivity contribution is -0.117. The molecule has 0 aromatic rings. The molecule has 0 atom stereocenters. The third kappa shape index (κ3) is 19.0. The van der Waals surface area contributed by atoms with E-state index in [9.17, 15) is 4.79 Å². The first-order chi connectivity index (χ1) is 4.13. The summed E-state index contributed by atoms with van der Waals surface area (Å²) in [5.41, 5.74) is 5.61. The number of hydrogen-bond acceptors (Lipinski definition) is 1. The molecule has 1 amide bonds. The minimum atomic E-state index is -0.312. The second-order valence-electron chi connectivity index (χ2n) is 1.60. The maximum Gasteiger partial charge on any atom is 0.221 e. The molecule has 0 aliphatic heterocycles. The number of nitrogens with two attached hydrogens (primary N) is 1. The normalized spacial score (nSPS) is 7.00. The fraction of sp³-hybridized carbons (Fsp3) is 0.571. The Morgan fingerprint density at radius 1 is 1.67 bits per heavy atom. The van der Waals surface area contributed by atoms with Gasteiger partial charge in [-0.1, -0.05) is 26.0 Å². The van der Waals surface area contributed by atoms with Crippen LogP contribution in [0.4, 0.5) is 0 Å². The summed E-state index contributed by atoms with van der Waals surface area (Å²) in [6, 6.07) is 0. The smallest absolute Gasteiger partial charge is 0.221 e. The summed E-state index contributed by atoms with van der Waals surface area (Å²) in [6.45, 7) is 9.26. The molecule has 2 heteroatoms. The van der Waals surface area contributed by atoms with Gasteiger partial charge in [-0.3, -0.25) is 4.79 Å². The van der Waals surface area contributed by atoms with Crippen molar-refractivity contribution in [2.24, 2.45) is 5.73 Å². The number of hydrogen-bond donors (Lipinski definition) is 1. The predicted octanol–water partition coefficient (Wildman–Crippen LogP) is 1.71. The number of carbonyl (C=O) groups excluding carboxylic acids is 1. The van der Waals surface area contributed by atoms with Gasteiger partial charge in [-0.15, -0.1) is 0 Å². The van der Waals surface area contributed by atoms with Crippen molar-refractivity contribution in [3.05, 3.63) is 12.2 Å². The van der Waals surface area contributed by atoms with Gasteiger partial charge in [-0.05, 0) is 6.92 Å². The minimum absolute atomic E-state index is 0. The van der Waals surface area contributed by atoms with Gasteiger partial charge in [0.2, 0.25) is 5.91 Å². The Kier molecular flexibility index (Phi) is 8.87. The molecule has 0 spiro atoms. The van der Waals surface area contributed by atoms with Gasteiger partial charge in [0, 0.05) is 7.85 Å². The molecule has 0 aliphatic carbocycles. The molecule has 2 nitrogen and oxygen atoms in total. The van der Waals surface area contributed by atoms with Gasteiger partial charge in [0.1, 0.15) is 0 Å². The van der Waals surface area contributed by atoms with E-state index in [2.05, 4.69) is 6.58 Å². The molecule has 0 aliphatic rings. The van der Waals surface area contributed by atoms with Crippen LogP contribution in [-0.4, -0.2) is 5.91 Å². The zero-order valence-electron chi connectivity index (χ0n) is 6.40. The van der Waals surface area contributed by atoms with Gasteiger partial charge in [0.25, 0.3) is 0 Å². The fourth-order valence-corrected chi connectivity index (χ4v) is 0.297. The van der Waals surface area contributed by atoms with Crippen molar-refractivity contribution in [1.82, 2.24) is 0 Å². The number of carbonyl (C=O) groups is 1. The van der Waals surface area contributed by atoms with E-state index in [-0.39, 0.29) is 7.33 Å². The highest BCUT2D eigenvalue weighted by molar-refractivity contribution is 5.76. The van der Waals surface area contributed by atoms with Crippen LogP contribution in [0.25, 0.3) is 0 Å². The fourth-order valence-electron chi connectivity index (χ4n) is 0.297. The summed E-state index contributed by atoms with van der Waals surface area (Å²) in [7, 11) is 0. The zero-order chi connectivity index (χ0) is 7.86. The lowest BCUT2D eigenvalue weighted by Crippen LogP contribution is -2.09. The number of primary amides is 1. The molecule has 0 saturated heterocycles. The van der Waals surface area contributed by atoms with Crippen molar-refractivity contribution >= 4 is 5.91 Å². The van der Waals surface area contributed by atoms with Crippen LogP contribution < -0.4 is 5.73 Å². The summed E-state index contributed by atoms with van der Waals surface area (Å²) in [4.78, 5) is 9.97. The van der Waals surface area contributed by atoms with Gasteiger partial charge in [-0.25, -0.2) is 0 Å². The number of rotatable bonds is 2. The van der Waals surface area contributed by atoms with E-state index < -0.39 is 0 Å². The summed E-state index contributed by atoms with van der Waals surface area (Å²) in [5.74, 6) is -0.312. The Labute approximate surface area is 58.2 Å². The van der Waals surface area contributed by atoms with Crippen molar-refractivity contribution in [3.8, 4) is 0 Å². The Hall–Kier alpha value is -0.790. The molecule has 0 heterocycles. The average Bonchev–Trinajstić information content (AvgIpc) is 1.68. The molecule has 56 valence electrons. The van der Waals surface area contributed by atoms with Gasteiger partial charge in [-0.2, -0.15) is 0 Å². The molecule has 0 bridgehead atoms. The minimum Gasteiger partial charge on any atom is -0.369 e. The quantitative estimate of drug-likeness (QED) is 0.569. The summed E-state index contributed by atoms with van der Waals surface area (Å²) >= 11 is 0.